The summed E-state index contributed by atoms with van der Waals surface area (Å²) in [7, 11) is 1.82. The van der Waals surface area contributed by atoms with Crippen LogP contribution >= 0.6 is 0 Å². The Morgan fingerprint density at radius 1 is 1.19 bits per heavy atom. The van der Waals surface area contributed by atoms with Crippen molar-refractivity contribution in [3.63, 3.8) is 0 Å². The molecule has 1 aromatic rings. The number of hydrogen-bond donors (Lipinski definition) is 1. The second-order valence-corrected chi connectivity index (χ2v) is 6.91. The maximum absolute atomic E-state index is 12.0. The van der Waals surface area contributed by atoms with Crippen molar-refractivity contribution in [2.45, 2.75) is 31.7 Å². The first-order chi connectivity index (χ1) is 10.1. The summed E-state index contributed by atoms with van der Waals surface area (Å²) in [5, 5.41) is 0. The molecule has 2 saturated carbocycles. The summed E-state index contributed by atoms with van der Waals surface area (Å²) in [6.45, 7) is 2.33. The summed E-state index contributed by atoms with van der Waals surface area (Å²) >= 11 is 0. The molecule has 0 bridgehead atoms. The summed E-state index contributed by atoms with van der Waals surface area (Å²) < 4.78 is 0. The molecule has 1 unspecified atom stereocenters. The van der Waals surface area contributed by atoms with Crippen LogP contribution < -0.4 is 15.5 Å². The van der Waals surface area contributed by atoms with E-state index in [0.29, 0.717) is 0 Å². The number of rotatable bonds is 5. The number of nitrogens with two attached hydrogens (primary N) is 1. The first kappa shape index (κ1) is 13.1. The minimum absolute atomic E-state index is 0.00177. The maximum Gasteiger partial charge on any atom is 0.248 e. The second kappa shape index (κ2) is 4.73. The third-order valence-electron chi connectivity index (χ3n) is 5.02. The number of amides is 1. The van der Waals surface area contributed by atoms with Gasteiger partial charge in [-0.25, -0.2) is 0 Å². The van der Waals surface area contributed by atoms with E-state index in [1.54, 1.807) is 4.90 Å². The minimum atomic E-state index is -0.487. The van der Waals surface area contributed by atoms with Crippen LogP contribution in [0.2, 0.25) is 0 Å². The fraction of sp³-hybridized carbons (Fsp3) is 0.588. The lowest BCUT2D eigenvalue weighted by atomic mass is 10.1. The van der Waals surface area contributed by atoms with Crippen LogP contribution in [0.5, 0.6) is 0 Å². The maximum atomic E-state index is 12.0. The highest BCUT2D eigenvalue weighted by atomic mass is 16.2. The molecule has 0 spiro atoms. The van der Waals surface area contributed by atoms with Crippen LogP contribution in [-0.4, -0.2) is 26.0 Å². The standard InChI is InChI=1S/C17H23N3O/c1-19-15-8-13(6-7-14(15)16(18)17(19)21)20(9-11-2-3-11)10-12-4-5-12/h6-8,11-12,16H,2-5,9-10,18H2,1H3. The van der Waals surface area contributed by atoms with Gasteiger partial charge < -0.3 is 15.5 Å². The highest BCUT2D eigenvalue weighted by molar-refractivity contribution is 6.04. The van der Waals surface area contributed by atoms with E-state index in [1.807, 2.05) is 13.1 Å². The number of fused-ring (bicyclic) bond motifs is 1. The van der Waals surface area contributed by atoms with Crippen LogP contribution in [0.15, 0.2) is 18.2 Å². The lowest BCUT2D eigenvalue weighted by Gasteiger charge is -2.26. The molecule has 1 atom stereocenters. The molecule has 4 nitrogen and oxygen atoms in total. The Labute approximate surface area is 125 Å². The summed E-state index contributed by atoms with van der Waals surface area (Å²) in [5.41, 5.74) is 9.18. The quantitative estimate of drug-likeness (QED) is 0.903. The first-order valence-electron chi connectivity index (χ1n) is 8.05. The molecule has 1 aromatic carbocycles. The predicted molar refractivity (Wildman–Crippen MR) is 84.4 cm³/mol. The molecule has 0 radical (unpaired) electrons. The summed E-state index contributed by atoms with van der Waals surface area (Å²) in [6.07, 6.45) is 5.48. The zero-order chi connectivity index (χ0) is 14.6. The summed E-state index contributed by atoms with van der Waals surface area (Å²) in [6, 6.07) is 5.86. The number of nitrogens with zero attached hydrogens (tertiary/aromatic N) is 2. The van der Waals surface area contributed by atoms with E-state index in [4.69, 9.17) is 5.73 Å². The van der Waals surface area contributed by atoms with E-state index in [9.17, 15) is 4.79 Å². The molecule has 2 aliphatic carbocycles. The topological polar surface area (TPSA) is 49.6 Å². The van der Waals surface area contributed by atoms with Crippen LogP contribution in [-0.2, 0) is 4.79 Å². The SMILES string of the molecule is CN1C(=O)C(N)c2ccc(N(CC3CC3)CC3CC3)cc21. The van der Waals surface area contributed by atoms with E-state index in [-0.39, 0.29) is 5.91 Å². The van der Waals surface area contributed by atoms with Gasteiger partial charge in [-0.05, 0) is 49.7 Å². The number of likely N-dealkylation sites (N-methyl/N-ethyl adjacent to an activating group) is 1. The van der Waals surface area contributed by atoms with E-state index < -0.39 is 6.04 Å². The molecule has 112 valence electrons. The zero-order valence-corrected chi connectivity index (χ0v) is 12.6. The van der Waals surface area contributed by atoms with Crippen molar-refractivity contribution in [1.82, 2.24) is 0 Å². The van der Waals surface area contributed by atoms with E-state index >= 15 is 0 Å². The monoisotopic (exact) mass is 285 g/mol. The van der Waals surface area contributed by atoms with Gasteiger partial charge in [-0.15, -0.1) is 0 Å². The Bertz CT molecular complexity index is 563. The second-order valence-electron chi connectivity index (χ2n) is 6.91. The van der Waals surface area contributed by atoms with Gasteiger partial charge in [-0.1, -0.05) is 6.07 Å². The fourth-order valence-corrected chi connectivity index (χ4v) is 3.25. The summed E-state index contributed by atoms with van der Waals surface area (Å²) in [4.78, 5) is 16.2. The highest BCUT2D eigenvalue weighted by Gasteiger charge is 2.34. The smallest absolute Gasteiger partial charge is 0.248 e. The molecule has 1 heterocycles. The summed E-state index contributed by atoms with van der Waals surface area (Å²) in [5.74, 6) is 1.75. The zero-order valence-electron chi connectivity index (χ0n) is 12.6. The van der Waals surface area contributed by atoms with E-state index in [2.05, 4.69) is 17.0 Å². The Hall–Kier alpha value is -1.55. The average molecular weight is 285 g/mol. The van der Waals surface area contributed by atoms with Crippen LogP contribution in [0.3, 0.4) is 0 Å². The van der Waals surface area contributed by atoms with Crippen molar-refractivity contribution >= 4 is 17.3 Å². The molecule has 1 aliphatic heterocycles. The third kappa shape index (κ3) is 2.42. The van der Waals surface area contributed by atoms with Gasteiger partial charge in [-0.2, -0.15) is 0 Å². The normalized spacial score (nSPS) is 24.4. The van der Waals surface area contributed by atoms with Crippen molar-refractivity contribution in [2.75, 3.05) is 29.9 Å². The first-order valence-corrected chi connectivity index (χ1v) is 8.05. The van der Waals surface area contributed by atoms with Crippen molar-refractivity contribution in [3.05, 3.63) is 23.8 Å². The van der Waals surface area contributed by atoms with E-state index in [0.717, 1.165) is 23.1 Å². The Morgan fingerprint density at radius 2 is 1.81 bits per heavy atom. The van der Waals surface area contributed by atoms with Gasteiger partial charge in [0, 0.05) is 31.4 Å². The van der Waals surface area contributed by atoms with Crippen LogP contribution in [0.4, 0.5) is 11.4 Å². The number of hydrogen-bond acceptors (Lipinski definition) is 3. The van der Waals surface area contributed by atoms with Crippen molar-refractivity contribution in [3.8, 4) is 0 Å². The van der Waals surface area contributed by atoms with Crippen molar-refractivity contribution < 1.29 is 4.79 Å². The van der Waals surface area contributed by atoms with Crippen LogP contribution in [0, 0.1) is 11.8 Å². The Balaban J connectivity index is 1.62. The average Bonchev–Trinajstić information content (AvgIpc) is 3.39. The molecule has 4 rings (SSSR count). The van der Waals surface area contributed by atoms with Crippen molar-refractivity contribution in [1.29, 1.82) is 0 Å². The molecule has 2 N–H and O–H groups in total. The van der Waals surface area contributed by atoms with E-state index in [1.165, 1.54) is 44.5 Å². The lowest BCUT2D eigenvalue weighted by molar-refractivity contribution is -0.118. The largest absolute Gasteiger partial charge is 0.371 e. The number of anilines is 2. The molecule has 2 fully saturated rings. The molecule has 4 heteroatoms. The minimum Gasteiger partial charge on any atom is -0.371 e. The van der Waals surface area contributed by atoms with Gasteiger partial charge in [-0.3, -0.25) is 4.79 Å². The third-order valence-corrected chi connectivity index (χ3v) is 5.02. The molecule has 0 saturated heterocycles. The van der Waals surface area contributed by atoms with Gasteiger partial charge >= 0.3 is 0 Å². The van der Waals surface area contributed by atoms with Gasteiger partial charge in [0.25, 0.3) is 0 Å². The molecular formula is C17H23N3O. The van der Waals surface area contributed by atoms with Gasteiger partial charge in [0.15, 0.2) is 0 Å². The number of benzene rings is 1. The number of carbonyl (C=O) groups excluding carboxylic acids is 1. The van der Waals surface area contributed by atoms with Crippen molar-refractivity contribution in [2.24, 2.45) is 17.6 Å². The highest BCUT2D eigenvalue weighted by Crippen LogP contribution is 2.39. The fourth-order valence-electron chi connectivity index (χ4n) is 3.25. The van der Waals surface area contributed by atoms with Crippen LogP contribution in [0.25, 0.3) is 0 Å². The lowest BCUT2D eigenvalue weighted by Crippen LogP contribution is -2.28. The van der Waals surface area contributed by atoms with Gasteiger partial charge in [0.05, 0.1) is 5.69 Å². The molecule has 1 amide bonds. The van der Waals surface area contributed by atoms with Gasteiger partial charge in [0.1, 0.15) is 6.04 Å². The molecular weight excluding hydrogens is 262 g/mol. The molecule has 21 heavy (non-hydrogen) atoms. The Morgan fingerprint density at radius 3 is 2.38 bits per heavy atom. The molecule has 0 aromatic heterocycles. The Kier molecular flexibility index (Phi) is 2.96. The van der Waals surface area contributed by atoms with Crippen LogP contribution in [0.1, 0.15) is 37.3 Å². The number of carbonyl (C=O) groups is 1. The molecule has 3 aliphatic rings. The van der Waals surface area contributed by atoms with Gasteiger partial charge in [0.2, 0.25) is 5.91 Å². The predicted octanol–water partition coefficient (Wildman–Crippen LogP) is 2.29.